The smallest absolute Gasteiger partial charge is 0.268 e. The van der Waals surface area contributed by atoms with Gasteiger partial charge in [0.1, 0.15) is 24.3 Å². The zero-order valence-electron chi connectivity index (χ0n) is 9.92. The van der Waals surface area contributed by atoms with Gasteiger partial charge in [-0.3, -0.25) is 9.35 Å². The fraction of sp³-hybridized carbons (Fsp3) is 0.364. The van der Waals surface area contributed by atoms with E-state index in [1.54, 1.807) is 0 Å². The molecule has 0 radical (unpaired) electrons. The van der Waals surface area contributed by atoms with Gasteiger partial charge >= 0.3 is 0 Å². The normalized spacial score (nSPS) is 18.2. The van der Waals surface area contributed by atoms with Crippen LogP contribution in [0.15, 0.2) is 12.1 Å². The van der Waals surface area contributed by atoms with Crippen LogP contribution in [0.25, 0.3) is 0 Å². The van der Waals surface area contributed by atoms with Crippen molar-refractivity contribution in [3.05, 3.63) is 23.5 Å². The monoisotopic (exact) mass is 290 g/mol. The molecule has 104 valence electrons. The maximum atomic E-state index is 13.3. The molecule has 6 nitrogen and oxygen atoms in total. The molecule has 0 saturated heterocycles. The minimum Gasteiger partial charge on any atom is -0.486 e. The molecule has 2 rings (SSSR count). The Morgan fingerprint density at radius 3 is 2.79 bits per heavy atom. The molecule has 0 aliphatic carbocycles. The lowest BCUT2D eigenvalue weighted by atomic mass is 10.1. The first-order chi connectivity index (χ1) is 8.76. The van der Waals surface area contributed by atoms with Gasteiger partial charge < -0.3 is 9.47 Å². The van der Waals surface area contributed by atoms with Gasteiger partial charge in [-0.1, -0.05) is 0 Å². The quantitative estimate of drug-likeness (QED) is 0.661. The molecule has 0 aromatic heterocycles. The Labute approximate surface area is 108 Å². The van der Waals surface area contributed by atoms with Crippen molar-refractivity contribution in [3.63, 3.8) is 0 Å². The van der Waals surface area contributed by atoms with Crippen molar-refractivity contribution >= 4 is 15.9 Å². The van der Waals surface area contributed by atoms with E-state index in [4.69, 9.17) is 14.0 Å². The highest BCUT2D eigenvalue weighted by Crippen LogP contribution is 2.36. The second kappa shape index (κ2) is 4.78. The van der Waals surface area contributed by atoms with E-state index in [0.29, 0.717) is 0 Å². The second-order valence-corrected chi connectivity index (χ2v) is 5.63. The molecular formula is C11H11FO6S. The minimum absolute atomic E-state index is 0.00574. The van der Waals surface area contributed by atoms with Gasteiger partial charge in [-0.15, -0.1) is 0 Å². The molecule has 19 heavy (non-hydrogen) atoms. The number of benzene rings is 1. The Hall–Kier alpha value is -1.67. The molecule has 0 bridgehead atoms. The van der Waals surface area contributed by atoms with Crippen LogP contribution < -0.4 is 9.47 Å². The van der Waals surface area contributed by atoms with E-state index in [2.05, 4.69) is 0 Å². The van der Waals surface area contributed by atoms with Gasteiger partial charge in [-0.05, 0) is 13.0 Å². The summed E-state index contributed by atoms with van der Waals surface area (Å²) in [7, 11) is -4.23. The first kappa shape index (κ1) is 13.8. The Balaban J connectivity index is 2.36. The van der Waals surface area contributed by atoms with Crippen molar-refractivity contribution < 1.29 is 31.6 Å². The van der Waals surface area contributed by atoms with Crippen LogP contribution in [-0.4, -0.2) is 37.2 Å². The number of halogens is 1. The molecule has 0 saturated carbocycles. The van der Waals surface area contributed by atoms with Crippen LogP contribution in [0.3, 0.4) is 0 Å². The standard InChI is InChI=1S/C11H11FO6S/c1-6(13)9-2-7(12)3-10-11(9)18-8(4-17-10)5-19(14,15)16/h2-3,8H,4-5H2,1H3,(H,14,15,16)/t8-/m0/s1. The molecular weight excluding hydrogens is 279 g/mol. The van der Waals surface area contributed by atoms with Crippen LogP contribution in [-0.2, 0) is 10.1 Å². The molecule has 0 spiro atoms. The van der Waals surface area contributed by atoms with Gasteiger partial charge in [-0.2, -0.15) is 8.42 Å². The second-order valence-electron chi connectivity index (χ2n) is 4.14. The van der Waals surface area contributed by atoms with Crippen molar-refractivity contribution in [1.82, 2.24) is 0 Å². The number of carbonyl (C=O) groups excluding carboxylic acids is 1. The maximum absolute atomic E-state index is 13.3. The predicted octanol–water partition coefficient (Wildman–Crippen LogP) is 1.06. The summed E-state index contributed by atoms with van der Waals surface area (Å²) < 4.78 is 54.0. The number of ketones is 1. The van der Waals surface area contributed by atoms with Crippen molar-refractivity contribution in [2.24, 2.45) is 0 Å². The van der Waals surface area contributed by atoms with Crippen molar-refractivity contribution in [2.45, 2.75) is 13.0 Å². The van der Waals surface area contributed by atoms with Crippen LogP contribution in [0.4, 0.5) is 4.39 Å². The minimum atomic E-state index is -4.23. The third-order valence-corrected chi connectivity index (χ3v) is 3.30. The summed E-state index contributed by atoms with van der Waals surface area (Å²) in [5, 5.41) is 0. The fourth-order valence-corrected chi connectivity index (χ4v) is 2.39. The topological polar surface area (TPSA) is 89.9 Å². The Kier molecular flexibility index (Phi) is 3.46. The van der Waals surface area contributed by atoms with E-state index < -0.39 is 33.6 Å². The highest BCUT2D eigenvalue weighted by Gasteiger charge is 2.29. The van der Waals surface area contributed by atoms with Gasteiger partial charge in [-0.25, -0.2) is 4.39 Å². The maximum Gasteiger partial charge on any atom is 0.268 e. The van der Waals surface area contributed by atoms with E-state index >= 15 is 0 Å². The molecule has 1 atom stereocenters. The number of hydrogen-bond acceptors (Lipinski definition) is 5. The summed E-state index contributed by atoms with van der Waals surface area (Å²) in [6.07, 6.45) is -0.953. The lowest BCUT2D eigenvalue weighted by Gasteiger charge is -2.27. The first-order valence-electron chi connectivity index (χ1n) is 5.35. The Morgan fingerprint density at radius 1 is 1.53 bits per heavy atom. The summed E-state index contributed by atoms with van der Waals surface area (Å²) in [6.45, 7) is 1.07. The average Bonchev–Trinajstić information content (AvgIpc) is 2.26. The molecule has 0 unspecified atom stereocenters. The molecule has 1 heterocycles. The van der Waals surface area contributed by atoms with Crippen LogP contribution >= 0.6 is 0 Å². The highest BCUT2D eigenvalue weighted by molar-refractivity contribution is 7.85. The molecule has 1 aliphatic rings. The summed E-state index contributed by atoms with van der Waals surface area (Å²) in [4.78, 5) is 11.4. The van der Waals surface area contributed by atoms with E-state index in [-0.39, 0.29) is 23.7 Å². The predicted molar refractivity (Wildman–Crippen MR) is 62.7 cm³/mol. The third-order valence-electron chi connectivity index (χ3n) is 2.50. The average molecular weight is 290 g/mol. The van der Waals surface area contributed by atoms with Crippen molar-refractivity contribution in [2.75, 3.05) is 12.4 Å². The van der Waals surface area contributed by atoms with Crippen LogP contribution in [0.2, 0.25) is 0 Å². The van der Waals surface area contributed by atoms with Crippen LogP contribution in [0.5, 0.6) is 11.5 Å². The first-order valence-corrected chi connectivity index (χ1v) is 6.96. The molecule has 1 aromatic carbocycles. The van der Waals surface area contributed by atoms with E-state index in [9.17, 15) is 17.6 Å². The summed E-state index contributed by atoms with van der Waals surface area (Å²) in [5.41, 5.74) is -0.0324. The van der Waals surface area contributed by atoms with E-state index in [1.807, 2.05) is 0 Å². The van der Waals surface area contributed by atoms with E-state index in [0.717, 1.165) is 12.1 Å². The largest absolute Gasteiger partial charge is 0.486 e. The van der Waals surface area contributed by atoms with Crippen molar-refractivity contribution in [3.8, 4) is 11.5 Å². The van der Waals surface area contributed by atoms with Gasteiger partial charge in [0.2, 0.25) is 0 Å². The molecule has 1 N–H and O–H groups in total. The zero-order valence-corrected chi connectivity index (χ0v) is 10.7. The summed E-state index contributed by atoms with van der Waals surface area (Å²) in [6, 6.07) is 2.03. The summed E-state index contributed by atoms with van der Waals surface area (Å²) >= 11 is 0. The zero-order chi connectivity index (χ0) is 14.2. The van der Waals surface area contributed by atoms with E-state index in [1.165, 1.54) is 6.92 Å². The van der Waals surface area contributed by atoms with Gasteiger partial charge in [0.05, 0.1) is 5.56 Å². The van der Waals surface area contributed by atoms with Crippen LogP contribution in [0, 0.1) is 5.82 Å². The third kappa shape index (κ3) is 3.21. The lowest BCUT2D eigenvalue weighted by molar-refractivity contribution is 0.0937. The lowest BCUT2D eigenvalue weighted by Crippen LogP contribution is -2.36. The highest BCUT2D eigenvalue weighted by atomic mass is 32.2. The van der Waals surface area contributed by atoms with Gasteiger partial charge in [0, 0.05) is 6.07 Å². The fourth-order valence-electron chi connectivity index (χ4n) is 1.76. The number of fused-ring (bicyclic) bond motifs is 1. The number of hydrogen-bond donors (Lipinski definition) is 1. The van der Waals surface area contributed by atoms with Crippen LogP contribution in [0.1, 0.15) is 17.3 Å². The molecule has 1 aliphatic heterocycles. The Bertz CT molecular complexity index is 624. The molecule has 0 fully saturated rings. The molecule has 8 heteroatoms. The van der Waals surface area contributed by atoms with Gasteiger partial charge in [0.15, 0.2) is 17.3 Å². The number of rotatable bonds is 3. The molecule has 1 aromatic rings. The van der Waals surface area contributed by atoms with Crippen molar-refractivity contribution in [1.29, 1.82) is 0 Å². The number of ether oxygens (including phenoxy) is 2. The number of carbonyl (C=O) groups is 1. The Morgan fingerprint density at radius 2 is 2.21 bits per heavy atom. The van der Waals surface area contributed by atoms with Gasteiger partial charge in [0.25, 0.3) is 10.1 Å². The number of Topliss-reactive ketones (excluding diaryl/α,β-unsaturated/α-hetero) is 1. The molecule has 0 amide bonds. The SMILES string of the molecule is CC(=O)c1cc(F)cc2c1O[C@H](CS(=O)(=O)O)CO2. The summed E-state index contributed by atoms with van der Waals surface area (Å²) in [5.74, 6) is -1.72.